The van der Waals surface area contributed by atoms with Crippen LogP contribution < -0.4 is 5.32 Å². The molecule has 0 aliphatic heterocycles. The van der Waals surface area contributed by atoms with Gasteiger partial charge in [-0.05, 0) is 38.3 Å². The van der Waals surface area contributed by atoms with Crippen LogP contribution in [0.25, 0.3) is 0 Å². The third-order valence-electron chi connectivity index (χ3n) is 3.88. The highest BCUT2D eigenvalue weighted by Crippen LogP contribution is 2.34. The second-order valence-corrected chi connectivity index (χ2v) is 5.69. The summed E-state index contributed by atoms with van der Waals surface area (Å²) in [5, 5.41) is 3.51. The molecule has 0 bridgehead atoms. The summed E-state index contributed by atoms with van der Waals surface area (Å²) < 4.78 is 2.21. The molecule has 1 aliphatic carbocycles. The number of imidazole rings is 1. The lowest BCUT2D eigenvalue weighted by Crippen LogP contribution is -2.25. The number of benzene rings is 1. The number of aryl methyl sites for hydroxylation is 1. The van der Waals surface area contributed by atoms with Crippen molar-refractivity contribution in [1.82, 2.24) is 9.55 Å². The van der Waals surface area contributed by atoms with Crippen LogP contribution in [-0.2, 0) is 6.42 Å². The highest BCUT2D eigenvalue weighted by Gasteiger charge is 2.25. The maximum Gasteiger partial charge on any atom is 0.203 e. The van der Waals surface area contributed by atoms with Gasteiger partial charge >= 0.3 is 0 Å². The predicted molar refractivity (Wildman–Crippen MR) is 78.7 cm³/mol. The van der Waals surface area contributed by atoms with Crippen molar-refractivity contribution < 1.29 is 0 Å². The molecule has 1 unspecified atom stereocenters. The van der Waals surface area contributed by atoms with Gasteiger partial charge in [-0.1, -0.05) is 24.3 Å². The first-order chi connectivity index (χ1) is 9.15. The second-order valence-electron chi connectivity index (χ2n) is 5.69. The first kappa shape index (κ1) is 12.3. The Morgan fingerprint density at radius 2 is 2.16 bits per heavy atom. The lowest BCUT2D eigenvalue weighted by atomic mass is 9.78. The molecule has 1 aliphatic rings. The number of anilines is 1. The minimum Gasteiger partial charge on any atom is -0.355 e. The molecule has 2 aromatic rings. The lowest BCUT2D eigenvalue weighted by Gasteiger charge is -2.30. The third-order valence-corrected chi connectivity index (χ3v) is 3.88. The van der Waals surface area contributed by atoms with Crippen molar-refractivity contribution >= 4 is 5.95 Å². The molecule has 1 heterocycles. The van der Waals surface area contributed by atoms with E-state index < -0.39 is 0 Å². The van der Waals surface area contributed by atoms with Crippen molar-refractivity contribution in [2.75, 3.05) is 11.9 Å². The minimum atomic E-state index is 0.442. The van der Waals surface area contributed by atoms with E-state index in [1.165, 1.54) is 17.5 Å². The molecule has 1 N–H and O–H groups in total. The van der Waals surface area contributed by atoms with Crippen molar-refractivity contribution in [3.05, 3.63) is 47.3 Å². The second kappa shape index (κ2) is 4.72. The molecule has 3 rings (SSSR count). The molecule has 100 valence electrons. The van der Waals surface area contributed by atoms with Crippen LogP contribution >= 0.6 is 0 Å². The zero-order valence-electron chi connectivity index (χ0n) is 11.9. The molecule has 0 saturated heterocycles. The van der Waals surface area contributed by atoms with E-state index in [9.17, 15) is 0 Å². The molecular weight excluding hydrogens is 234 g/mol. The van der Waals surface area contributed by atoms with Crippen LogP contribution in [0.2, 0.25) is 0 Å². The average molecular weight is 255 g/mol. The summed E-state index contributed by atoms with van der Waals surface area (Å²) in [4.78, 5) is 4.57. The van der Waals surface area contributed by atoms with E-state index in [2.05, 4.69) is 59.2 Å². The Kier molecular flexibility index (Phi) is 3.05. The zero-order valence-corrected chi connectivity index (χ0v) is 11.9. The minimum absolute atomic E-state index is 0.442. The van der Waals surface area contributed by atoms with Crippen molar-refractivity contribution in [3.8, 4) is 0 Å². The van der Waals surface area contributed by atoms with Gasteiger partial charge in [-0.15, -0.1) is 0 Å². The maximum absolute atomic E-state index is 4.57. The Morgan fingerprint density at radius 3 is 2.89 bits per heavy atom. The normalized spacial score (nSPS) is 17.2. The number of aromatic nitrogens is 2. The number of hydrogen-bond donors (Lipinski definition) is 1. The molecule has 0 spiro atoms. The van der Waals surface area contributed by atoms with Crippen molar-refractivity contribution in [2.45, 2.75) is 39.2 Å². The SMILES string of the molecule is Cc1cn(C(C)C)c(NCC2Cc3ccccc32)n1. The number of rotatable bonds is 4. The first-order valence-electron chi connectivity index (χ1n) is 7.02. The lowest BCUT2D eigenvalue weighted by molar-refractivity contribution is 0.591. The Hall–Kier alpha value is -1.77. The van der Waals surface area contributed by atoms with Gasteiger partial charge < -0.3 is 9.88 Å². The quantitative estimate of drug-likeness (QED) is 0.905. The van der Waals surface area contributed by atoms with Crippen LogP contribution in [-0.4, -0.2) is 16.1 Å². The molecule has 0 saturated carbocycles. The number of fused-ring (bicyclic) bond motifs is 1. The largest absolute Gasteiger partial charge is 0.355 e. The van der Waals surface area contributed by atoms with Crippen molar-refractivity contribution in [2.24, 2.45) is 0 Å². The van der Waals surface area contributed by atoms with Gasteiger partial charge in [-0.3, -0.25) is 0 Å². The molecule has 1 atom stereocenters. The highest BCUT2D eigenvalue weighted by molar-refractivity contribution is 5.42. The van der Waals surface area contributed by atoms with Gasteiger partial charge in [0.15, 0.2) is 0 Å². The number of hydrogen-bond acceptors (Lipinski definition) is 2. The van der Waals surface area contributed by atoms with Crippen LogP contribution in [0.5, 0.6) is 0 Å². The van der Waals surface area contributed by atoms with E-state index in [0.717, 1.165) is 18.2 Å². The average Bonchev–Trinajstić information content (AvgIpc) is 2.72. The van der Waals surface area contributed by atoms with E-state index in [0.29, 0.717) is 12.0 Å². The molecular formula is C16H21N3. The molecule has 0 amide bonds. The molecule has 0 radical (unpaired) electrons. The summed E-state index contributed by atoms with van der Waals surface area (Å²) in [6.07, 6.45) is 3.30. The number of nitrogens with one attached hydrogen (secondary N) is 1. The smallest absolute Gasteiger partial charge is 0.203 e. The highest BCUT2D eigenvalue weighted by atomic mass is 15.2. The van der Waals surface area contributed by atoms with Gasteiger partial charge in [0, 0.05) is 24.7 Å². The summed E-state index contributed by atoms with van der Waals surface area (Å²) in [6.45, 7) is 7.39. The monoisotopic (exact) mass is 255 g/mol. The summed E-state index contributed by atoms with van der Waals surface area (Å²) in [5.41, 5.74) is 4.07. The summed E-state index contributed by atoms with van der Waals surface area (Å²) in [6, 6.07) is 9.16. The predicted octanol–water partition coefficient (Wildman–Crippen LogP) is 3.52. The van der Waals surface area contributed by atoms with Crippen molar-refractivity contribution in [3.63, 3.8) is 0 Å². The van der Waals surface area contributed by atoms with Gasteiger partial charge in [-0.25, -0.2) is 4.98 Å². The standard InChI is InChI=1S/C16H21N3/c1-11(2)19-10-12(3)18-16(19)17-9-14-8-13-6-4-5-7-15(13)14/h4-7,10-11,14H,8-9H2,1-3H3,(H,17,18). The Bertz CT molecular complexity index is 583. The fourth-order valence-corrected chi connectivity index (χ4v) is 2.80. The molecule has 0 fully saturated rings. The van der Waals surface area contributed by atoms with Gasteiger partial charge in [0.25, 0.3) is 0 Å². The summed E-state index contributed by atoms with van der Waals surface area (Å²) >= 11 is 0. The van der Waals surface area contributed by atoms with Gasteiger partial charge in [-0.2, -0.15) is 0 Å². The molecule has 3 heteroatoms. The Balaban J connectivity index is 1.68. The van der Waals surface area contributed by atoms with Crippen LogP contribution in [0.1, 0.15) is 42.6 Å². The van der Waals surface area contributed by atoms with E-state index >= 15 is 0 Å². The summed E-state index contributed by atoms with van der Waals surface area (Å²) in [7, 11) is 0. The zero-order chi connectivity index (χ0) is 13.4. The number of nitrogens with zero attached hydrogens (tertiary/aromatic N) is 2. The van der Waals surface area contributed by atoms with Crippen LogP contribution in [0.15, 0.2) is 30.5 Å². The van der Waals surface area contributed by atoms with E-state index in [4.69, 9.17) is 0 Å². The van der Waals surface area contributed by atoms with E-state index in [1.54, 1.807) is 0 Å². The fourth-order valence-electron chi connectivity index (χ4n) is 2.80. The van der Waals surface area contributed by atoms with Crippen LogP contribution in [0.3, 0.4) is 0 Å². The maximum atomic E-state index is 4.57. The van der Waals surface area contributed by atoms with Gasteiger partial charge in [0.2, 0.25) is 5.95 Å². The van der Waals surface area contributed by atoms with Crippen molar-refractivity contribution in [1.29, 1.82) is 0 Å². The van der Waals surface area contributed by atoms with Crippen LogP contribution in [0.4, 0.5) is 5.95 Å². The third kappa shape index (κ3) is 2.25. The molecule has 1 aromatic carbocycles. The Labute approximate surface area is 114 Å². The van der Waals surface area contributed by atoms with Crippen LogP contribution in [0, 0.1) is 6.92 Å². The molecule has 1 aromatic heterocycles. The topological polar surface area (TPSA) is 29.9 Å². The first-order valence-corrected chi connectivity index (χ1v) is 7.02. The van der Waals surface area contributed by atoms with E-state index in [1.807, 2.05) is 6.92 Å². The van der Waals surface area contributed by atoms with Gasteiger partial charge in [0.05, 0.1) is 5.69 Å². The fraction of sp³-hybridized carbons (Fsp3) is 0.438. The summed E-state index contributed by atoms with van der Waals surface area (Å²) in [5.74, 6) is 1.63. The van der Waals surface area contributed by atoms with E-state index in [-0.39, 0.29) is 0 Å². The molecule has 3 nitrogen and oxygen atoms in total. The molecule has 19 heavy (non-hydrogen) atoms. The van der Waals surface area contributed by atoms with Gasteiger partial charge in [0.1, 0.15) is 0 Å². The Morgan fingerprint density at radius 1 is 1.37 bits per heavy atom.